The van der Waals surface area contributed by atoms with Gasteiger partial charge in [0.2, 0.25) is 5.91 Å². The van der Waals surface area contributed by atoms with Crippen molar-refractivity contribution in [2.45, 2.75) is 13.3 Å². The number of carboxylic acid groups (broad SMARTS) is 1. The van der Waals surface area contributed by atoms with Crippen LogP contribution in [-0.2, 0) is 9.59 Å². The Kier molecular flexibility index (Phi) is 5.95. The summed E-state index contributed by atoms with van der Waals surface area (Å²) in [6.07, 6.45) is -0.0128. The number of halogens is 1. The third-order valence-corrected chi connectivity index (χ3v) is 2.56. The minimum absolute atomic E-state index is 0.0128. The van der Waals surface area contributed by atoms with Crippen molar-refractivity contribution in [1.82, 2.24) is 4.90 Å². The average Bonchev–Trinajstić information content (AvgIpc) is 2.34. The van der Waals surface area contributed by atoms with Crippen LogP contribution in [0, 0.1) is 5.82 Å². The zero-order chi connectivity index (χ0) is 14.3. The predicted octanol–water partition coefficient (Wildman–Crippen LogP) is 1.56. The third-order valence-electron chi connectivity index (χ3n) is 2.56. The summed E-state index contributed by atoms with van der Waals surface area (Å²) >= 11 is 0. The highest BCUT2D eigenvalue weighted by Gasteiger charge is 2.10. The highest BCUT2D eigenvalue weighted by Crippen LogP contribution is 2.08. The molecule has 0 saturated heterocycles. The number of aliphatic carboxylic acids is 1. The number of rotatable bonds is 7. The second-order valence-corrected chi connectivity index (χ2v) is 4.07. The van der Waals surface area contributed by atoms with Gasteiger partial charge >= 0.3 is 5.97 Å². The predicted molar refractivity (Wildman–Crippen MR) is 69.4 cm³/mol. The van der Waals surface area contributed by atoms with Crippen LogP contribution < -0.4 is 5.32 Å². The summed E-state index contributed by atoms with van der Waals surface area (Å²) in [5.41, 5.74) is 0.388. The molecule has 0 aliphatic heterocycles. The zero-order valence-corrected chi connectivity index (χ0v) is 10.7. The Bertz CT molecular complexity index is 451. The fourth-order valence-electron chi connectivity index (χ4n) is 1.57. The van der Waals surface area contributed by atoms with Gasteiger partial charge in [-0.25, -0.2) is 4.39 Å². The molecule has 0 aromatic heterocycles. The van der Waals surface area contributed by atoms with Gasteiger partial charge in [-0.15, -0.1) is 0 Å². The maximum Gasteiger partial charge on any atom is 0.304 e. The van der Waals surface area contributed by atoms with Gasteiger partial charge in [-0.05, 0) is 24.7 Å². The Hall–Kier alpha value is -1.95. The summed E-state index contributed by atoms with van der Waals surface area (Å²) in [5.74, 6) is -1.61. The van der Waals surface area contributed by atoms with E-state index in [0.717, 1.165) is 0 Å². The van der Waals surface area contributed by atoms with Gasteiger partial charge in [-0.2, -0.15) is 0 Å². The summed E-state index contributed by atoms with van der Waals surface area (Å²) in [4.78, 5) is 23.9. The molecule has 0 saturated carbocycles. The standard InChI is InChI=1S/C13H17FN2O3/c1-2-16(7-6-13(18)19)9-12(17)15-11-5-3-4-10(14)8-11/h3-5,8H,2,6-7,9H2,1H3,(H,15,17)(H,18,19). The van der Waals surface area contributed by atoms with E-state index >= 15 is 0 Å². The molecule has 0 spiro atoms. The van der Waals surface area contributed by atoms with E-state index in [1.54, 1.807) is 11.0 Å². The lowest BCUT2D eigenvalue weighted by atomic mass is 10.3. The first-order valence-electron chi connectivity index (χ1n) is 6.01. The number of amides is 1. The summed E-state index contributed by atoms with van der Waals surface area (Å²) < 4.78 is 12.9. The van der Waals surface area contributed by atoms with E-state index in [1.807, 2.05) is 6.92 Å². The summed E-state index contributed by atoms with van der Waals surface area (Å²) in [7, 11) is 0. The second kappa shape index (κ2) is 7.48. The number of carbonyl (C=O) groups is 2. The minimum Gasteiger partial charge on any atom is -0.481 e. The molecule has 2 N–H and O–H groups in total. The molecule has 1 aromatic rings. The topological polar surface area (TPSA) is 69.6 Å². The lowest BCUT2D eigenvalue weighted by molar-refractivity contribution is -0.137. The molecule has 0 fully saturated rings. The summed E-state index contributed by atoms with van der Waals surface area (Å²) in [5, 5.41) is 11.2. The number of hydrogen-bond acceptors (Lipinski definition) is 3. The molecule has 0 heterocycles. The van der Waals surface area contributed by atoms with Gasteiger partial charge in [-0.1, -0.05) is 13.0 Å². The Morgan fingerprint density at radius 1 is 1.42 bits per heavy atom. The number of nitrogens with zero attached hydrogens (tertiary/aromatic N) is 1. The molecule has 0 radical (unpaired) electrons. The van der Waals surface area contributed by atoms with Crippen LogP contribution in [0.4, 0.5) is 10.1 Å². The van der Waals surface area contributed by atoms with E-state index in [1.165, 1.54) is 18.2 Å². The quantitative estimate of drug-likeness (QED) is 0.787. The van der Waals surface area contributed by atoms with Crippen LogP contribution in [0.25, 0.3) is 0 Å². The Labute approximate surface area is 111 Å². The number of hydrogen-bond donors (Lipinski definition) is 2. The van der Waals surface area contributed by atoms with Crippen LogP contribution in [0.2, 0.25) is 0 Å². The smallest absolute Gasteiger partial charge is 0.304 e. The molecule has 0 bridgehead atoms. The fourth-order valence-corrected chi connectivity index (χ4v) is 1.57. The van der Waals surface area contributed by atoms with Gasteiger partial charge in [0.15, 0.2) is 0 Å². The molecule has 6 heteroatoms. The van der Waals surface area contributed by atoms with Gasteiger partial charge < -0.3 is 10.4 Å². The molecule has 1 aromatic carbocycles. The maximum atomic E-state index is 12.9. The first-order valence-corrected chi connectivity index (χ1v) is 6.01. The van der Waals surface area contributed by atoms with Crippen molar-refractivity contribution in [2.75, 3.05) is 25.0 Å². The van der Waals surface area contributed by atoms with E-state index in [0.29, 0.717) is 18.8 Å². The molecule has 5 nitrogen and oxygen atoms in total. The van der Waals surface area contributed by atoms with E-state index < -0.39 is 11.8 Å². The Balaban J connectivity index is 2.46. The van der Waals surface area contributed by atoms with Crippen molar-refractivity contribution in [3.8, 4) is 0 Å². The van der Waals surface area contributed by atoms with Crippen LogP contribution in [0.3, 0.4) is 0 Å². The molecule has 0 aliphatic carbocycles. The number of likely N-dealkylation sites (N-methyl/N-ethyl adjacent to an activating group) is 1. The van der Waals surface area contributed by atoms with Crippen LogP contribution in [-0.4, -0.2) is 41.5 Å². The lowest BCUT2D eigenvalue weighted by Gasteiger charge is -2.18. The Morgan fingerprint density at radius 2 is 2.16 bits per heavy atom. The van der Waals surface area contributed by atoms with Gasteiger partial charge in [0.1, 0.15) is 5.82 Å². The van der Waals surface area contributed by atoms with Crippen molar-refractivity contribution in [1.29, 1.82) is 0 Å². The normalized spacial score (nSPS) is 10.5. The summed E-state index contributed by atoms with van der Waals surface area (Å²) in [6.45, 7) is 2.81. The summed E-state index contributed by atoms with van der Waals surface area (Å²) in [6, 6.07) is 5.62. The van der Waals surface area contributed by atoms with E-state index in [-0.39, 0.29) is 18.9 Å². The van der Waals surface area contributed by atoms with Gasteiger partial charge in [0.25, 0.3) is 0 Å². The second-order valence-electron chi connectivity index (χ2n) is 4.07. The number of anilines is 1. The minimum atomic E-state index is -0.899. The highest BCUT2D eigenvalue weighted by molar-refractivity contribution is 5.92. The van der Waals surface area contributed by atoms with E-state index in [2.05, 4.69) is 5.32 Å². The lowest BCUT2D eigenvalue weighted by Crippen LogP contribution is -2.34. The SMILES string of the molecule is CCN(CCC(=O)O)CC(=O)Nc1cccc(F)c1. The first kappa shape index (κ1) is 15.1. The third kappa shape index (κ3) is 5.96. The van der Waals surface area contributed by atoms with Gasteiger partial charge in [0.05, 0.1) is 13.0 Å². The first-order chi connectivity index (χ1) is 9.01. The van der Waals surface area contributed by atoms with Crippen molar-refractivity contribution >= 4 is 17.6 Å². The molecule has 0 unspecified atom stereocenters. The molecular weight excluding hydrogens is 251 g/mol. The highest BCUT2D eigenvalue weighted by atomic mass is 19.1. The van der Waals surface area contributed by atoms with Crippen LogP contribution in [0.1, 0.15) is 13.3 Å². The molecule has 0 aliphatic rings. The van der Waals surface area contributed by atoms with Gasteiger partial charge in [0, 0.05) is 12.2 Å². The molecule has 1 amide bonds. The Morgan fingerprint density at radius 3 is 2.74 bits per heavy atom. The molecular formula is C13H17FN2O3. The monoisotopic (exact) mass is 268 g/mol. The largest absolute Gasteiger partial charge is 0.481 e. The number of nitrogens with one attached hydrogen (secondary N) is 1. The van der Waals surface area contributed by atoms with Crippen LogP contribution >= 0.6 is 0 Å². The average molecular weight is 268 g/mol. The van der Waals surface area contributed by atoms with Crippen LogP contribution in [0.15, 0.2) is 24.3 Å². The van der Waals surface area contributed by atoms with Crippen LogP contribution in [0.5, 0.6) is 0 Å². The van der Waals surface area contributed by atoms with Crippen molar-refractivity contribution in [3.63, 3.8) is 0 Å². The van der Waals surface area contributed by atoms with Crippen molar-refractivity contribution < 1.29 is 19.1 Å². The van der Waals surface area contributed by atoms with Crippen molar-refractivity contribution in [3.05, 3.63) is 30.1 Å². The molecule has 104 valence electrons. The van der Waals surface area contributed by atoms with E-state index in [4.69, 9.17) is 5.11 Å². The molecule has 1 rings (SSSR count). The maximum absolute atomic E-state index is 12.9. The van der Waals surface area contributed by atoms with Crippen molar-refractivity contribution in [2.24, 2.45) is 0 Å². The van der Waals surface area contributed by atoms with E-state index in [9.17, 15) is 14.0 Å². The number of carboxylic acids is 1. The molecule has 0 atom stereocenters. The van der Waals surface area contributed by atoms with Gasteiger partial charge in [-0.3, -0.25) is 14.5 Å². The zero-order valence-electron chi connectivity index (χ0n) is 10.7. The number of benzene rings is 1. The fraction of sp³-hybridized carbons (Fsp3) is 0.385. The molecule has 19 heavy (non-hydrogen) atoms. The number of carbonyl (C=O) groups excluding carboxylic acids is 1.